The van der Waals surface area contributed by atoms with Crippen LogP contribution in [0.4, 0.5) is 0 Å². The second-order valence-corrected chi connectivity index (χ2v) is 9.21. The summed E-state index contributed by atoms with van der Waals surface area (Å²) in [6, 6.07) is 0. The van der Waals surface area contributed by atoms with Crippen LogP contribution in [0, 0.1) is 11.3 Å². The molecule has 4 fully saturated rings. The van der Waals surface area contributed by atoms with Gasteiger partial charge >= 0.3 is 0 Å². The van der Waals surface area contributed by atoms with E-state index in [2.05, 4.69) is 9.80 Å². The summed E-state index contributed by atoms with van der Waals surface area (Å²) in [5.74, 6) is 1.13. The normalized spacial score (nSPS) is 31.0. The van der Waals surface area contributed by atoms with E-state index in [1.165, 1.54) is 77.3 Å². The average Bonchev–Trinajstić information content (AvgIpc) is 3.31. The van der Waals surface area contributed by atoms with Gasteiger partial charge in [0.1, 0.15) is 0 Å². The van der Waals surface area contributed by atoms with Crippen LogP contribution in [0.15, 0.2) is 0 Å². The van der Waals surface area contributed by atoms with Gasteiger partial charge in [0.15, 0.2) is 0 Å². The molecule has 0 aromatic heterocycles. The fourth-order valence-corrected chi connectivity index (χ4v) is 5.71. The molecule has 25 heavy (non-hydrogen) atoms. The first-order chi connectivity index (χ1) is 12.2. The summed E-state index contributed by atoms with van der Waals surface area (Å²) in [4.78, 5) is 17.6. The van der Waals surface area contributed by atoms with Crippen molar-refractivity contribution in [2.75, 3.05) is 39.3 Å². The first-order valence-corrected chi connectivity index (χ1v) is 10.8. The van der Waals surface area contributed by atoms with Gasteiger partial charge in [-0.1, -0.05) is 12.8 Å². The molecule has 3 saturated heterocycles. The van der Waals surface area contributed by atoms with Crippen molar-refractivity contribution < 1.29 is 9.53 Å². The molecule has 4 nitrogen and oxygen atoms in total. The van der Waals surface area contributed by atoms with Crippen LogP contribution in [0.2, 0.25) is 0 Å². The standard InChI is InChI=1S/C21H36N2O2/c24-20(15-18-5-1-2-6-18)23-11-4-8-21(17-23)9-12-22(13-10-21)16-19-7-3-14-25-19/h18-19H,1-17H2/t19-/m1/s1. The van der Waals surface area contributed by atoms with Crippen LogP contribution in [0.25, 0.3) is 0 Å². The van der Waals surface area contributed by atoms with E-state index in [0.717, 1.165) is 32.7 Å². The fraction of sp³-hybridized carbons (Fsp3) is 0.952. The lowest BCUT2D eigenvalue weighted by Gasteiger charge is -2.48. The highest BCUT2D eigenvalue weighted by Gasteiger charge is 2.40. The van der Waals surface area contributed by atoms with Crippen molar-refractivity contribution >= 4 is 5.91 Å². The van der Waals surface area contributed by atoms with Gasteiger partial charge in [-0.25, -0.2) is 0 Å². The molecule has 142 valence electrons. The minimum atomic E-state index is 0.413. The molecule has 0 radical (unpaired) electrons. The average molecular weight is 349 g/mol. The smallest absolute Gasteiger partial charge is 0.222 e. The second kappa shape index (κ2) is 7.96. The van der Waals surface area contributed by atoms with Gasteiger partial charge < -0.3 is 14.5 Å². The van der Waals surface area contributed by atoms with Gasteiger partial charge in [0, 0.05) is 32.7 Å². The third-order valence-corrected chi connectivity index (χ3v) is 7.35. The monoisotopic (exact) mass is 348 g/mol. The van der Waals surface area contributed by atoms with Crippen LogP contribution in [0.5, 0.6) is 0 Å². The molecule has 3 heterocycles. The summed E-state index contributed by atoms with van der Waals surface area (Å²) in [7, 11) is 0. The van der Waals surface area contributed by atoms with Gasteiger partial charge in [-0.15, -0.1) is 0 Å². The summed E-state index contributed by atoms with van der Waals surface area (Å²) >= 11 is 0. The van der Waals surface area contributed by atoms with Crippen LogP contribution < -0.4 is 0 Å². The fourth-order valence-electron chi connectivity index (χ4n) is 5.71. The molecule has 3 aliphatic heterocycles. The van der Waals surface area contributed by atoms with Gasteiger partial charge in [0.2, 0.25) is 5.91 Å². The van der Waals surface area contributed by atoms with E-state index < -0.39 is 0 Å². The Balaban J connectivity index is 1.26. The summed E-state index contributed by atoms with van der Waals surface area (Å²) < 4.78 is 5.81. The number of hydrogen-bond acceptors (Lipinski definition) is 3. The zero-order valence-electron chi connectivity index (χ0n) is 15.9. The van der Waals surface area contributed by atoms with Gasteiger partial charge in [-0.3, -0.25) is 4.79 Å². The highest BCUT2D eigenvalue weighted by Crippen LogP contribution is 2.40. The zero-order chi connectivity index (χ0) is 17.1. The molecular weight excluding hydrogens is 312 g/mol. The predicted molar refractivity (Wildman–Crippen MR) is 99.5 cm³/mol. The molecule has 1 spiro atoms. The molecule has 0 unspecified atom stereocenters. The number of hydrogen-bond donors (Lipinski definition) is 0. The van der Waals surface area contributed by atoms with Crippen molar-refractivity contribution in [1.29, 1.82) is 0 Å². The first-order valence-electron chi connectivity index (χ1n) is 10.8. The maximum absolute atomic E-state index is 12.8. The number of carbonyl (C=O) groups excluding carboxylic acids is 1. The van der Waals surface area contributed by atoms with Crippen molar-refractivity contribution in [1.82, 2.24) is 9.80 Å². The maximum Gasteiger partial charge on any atom is 0.222 e. The number of ether oxygens (including phenoxy) is 1. The lowest BCUT2D eigenvalue weighted by molar-refractivity contribution is -0.136. The molecular formula is C21H36N2O2. The zero-order valence-corrected chi connectivity index (χ0v) is 15.9. The minimum Gasteiger partial charge on any atom is -0.377 e. The minimum absolute atomic E-state index is 0.413. The Morgan fingerprint density at radius 3 is 2.48 bits per heavy atom. The van der Waals surface area contributed by atoms with Crippen molar-refractivity contribution in [3.63, 3.8) is 0 Å². The topological polar surface area (TPSA) is 32.8 Å². The summed E-state index contributed by atoms with van der Waals surface area (Å²) in [5, 5.41) is 0. The number of amides is 1. The van der Waals surface area contributed by atoms with E-state index in [1.54, 1.807) is 0 Å². The SMILES string of the molecule is O=C(CC1CCCC1)N1CCCC2(CCN(C[C@H]3CCCO3)CC2)C1. The van der Waals surface area contributed by atoms with Crippen molar-refractivity contribution in [2.24, 2.45) is 11.3 Å². The molecule has 0 bridgehead atoms. The van der Waals surface area contributed by atoms with Crippen LogP contribution >= 0.6 is 0 Å². The van der Waals surface area contributed by atoms with Gasteiger partial charge in [0.25, 0.3) is 0 Å². The Kier molecular flexibility index (Phi) is 5.66. The van der Waals surface area contributed by atoms with Crippen LogP contribution in [0.1, 0.15) is 70.6 Å². The van der Waals surface area contributed by atoms with Crippen LogP contribution in [0.3, 0.4) is 0 Å². The molecule has 0 N–H and O–H groups in total. The number of likely N-dealkylation sites (tertiary alicyclic amines) is 2. The van der Waals surface area contributed by atoms with Crippen molar-refractivity contribution in [2.45, 2.75) is 76.7 Å². The lowest BCUT2D eigenvalue weighted by atomic mass is 9.72. The molecule has 1 saturated carbocycles. The Morgan fingerprint density at radius 1 is 0.960 bits per heavy atom. The van der Waals surface area contributed by atoms with Gasteiger partial charge in [-0.2, -0.15) is 0 Å². The van der Waals surface area contributed by atoms with Crippen molar-refractivity contribution in [3.05, 3.63) is 0 Å². The van der Waals surface area contributed by atoms with Crippen LogP contribution in [-0.4, -0.2) is 61.1 Å². The Morgan fingerprint density at radius 2 is 1.76 bits per heavy atom. The molecule has 4 aliphatic rings. The molecule has 4 heteroatoms. The molecule has 4 rings (SSSR count). The van der Waals surface area contributed by atoms with Crippen molar-refractivity contribution in [3.8, 4) is 0 Å². The molecule has 1 aliphatic carbocycles. The van der Waals surface area contributed by atoms with E-state index in [4.69, 9.17) is 4.74 Å². The van der Waals surface area contributed by atoms with Crippen LogP contribution in [-0.2, 0) is 9.53 Å². The van der Waals surface area contributed by atoms with E-state index in [0.29, 0.717) is 23.3 Å². The lowest BCUT2D eigenvalue weighted by Crippen LogP contribution is -2.52. The molecule has 0 aromatic carbocycles. The summed E-state index contributed by atoms with van der Waals surface area (Å²) in [5.41, 5.74) is 0.413. The van der Waals surface area contributed by atoms with Gasteiger partial charge in [0.05, 0.1) is 6.10 Å². The molecule has 0 aromatic rings. The predicted octanol–water partition coefficient (Wildman–Crippen LogP) is 3.45. The highest BCUT2D eigenvalue weighted by molar-refractivity contribution is 5.76. The molecule has 1 amide bonds. The summed E-state index contributed by atoms with van der Waals surface area (Å²) in [6.07, 6.45) is 14.1. The maximum atomic E-state index is 12.8. The van der Waals surface area contributed by atoms with E-state index in [-0.39, 0.29) is 0 Å². The van der Waals surface area contributed by atoms with E-state index >= 15 is 0 Å². The Bertz CT molecular complexity index is 447. The number of nitrogens with zero attached hydrogens (tertiary/aromatic N) is 2. The third-order valence-electron chi connectivity index (χ3n) is 7.35. The van der Waals surface area contributed by atoms with E-state index in [9.17, 15) is 4.79 Å². The third kappa shape index (κ3) is 4.39. The number of piperidine rings is 2. The summed E-state index contributed by atoms with van der Waals surface area (Å²) in [6.45, 7) is 6.52. The molecule has 1 atom stereocenters. The number of rotatable bonds is 4. The quantitative estimate of drug-likeness (QED) is 0.780. The highest BCUT2D eigenvalue weighted by atomic mass is 16.5. The Hall–Kier alpha value is -0.610. The largest absolute Gasteiger partial charge is 0.377 e. The van der Waals surface area contributed by atoms with Gasteiger partial charge in [-0.05, 0) is 75.8 Å². The Labute approximate surface area is 153 Å². The number of carbonyl (C=O) groups is 1. The van der Waals surface area contributed by atoms with E-state index in [1.807, 2.05) is 0 Å². The first kappa shape index (κ1) is 17.8. The second-order valence-electron chi connectivity index (χ2n) is 9.21.